The molecule has 11 heteroatoms. The fourth-order valence-electron chi connectivity index (χ4n) is 0.805. The first-order chi connectivity index (χ1) is 9.07. The standard InChI is InChI=1S/2C5H9NO4.Ca/c2*6-3(5(9)10)1-2-4(7)8;/h2*3H,1-2,6H2,(H,7,8)(H,9,10);/q;;+2/t2*3-;/m00./s1. The maximum absolute atomic E-state index is 9.99. The molecule has 0 spiro atoms. The molecular weight excluding hydrogens is 316 g/mol. The van der Waals surface area contributed by atoms with Crippen molar-refractivity contribution in [1.29, 1.82) is 0 Å². The van der Waals surface area contributed by atoms with Crippen LogP contribution in [0.2, 0.25) is 0 Å². The Labute approximate surface area is 150 Å². The summed E-state index contributed by atoms with van der Waals surface area (Å²) in [6.45, 7) is 0. The van der Waals surface area contributed by atoms with E-state index < -0.39 is 36.0 Å². The van der Waals surface area contributed by atoms with Gasteiger partial charge in [0.1, 0.15) is 12.1 Å². The Balaban J connectivity index is -0.000000295. The van der Waals surface area contributed by atoms with E-state index in [2.05, 4.69) is 0 Å². The van der Waals surface area contributed by atoms with E-state index in [4.69, 9.17) is 31.9 Å². The molecule has 0 saturated carbocycles. The van der Waals surface area contributed by atoms with Gasteiger partial charge in [0.25, 0.3) is 0 Å². The molecule has 0 rings (SSSR count). The molecule has 0 aliphatic heterocycles. The number of rotatable bonds is 8. The molecule has 0 aromatic heterocycles. The zero-order chi connectivity index (χ0) is 16.3. The van der Waals surface area contributed by atoms with Crippen molar-refractivity contribution < 1.29 is 39.6 Å². The van der Waals surface area contributed by atoms with Gasteiger partial charge in [0.05, 0.1) is 0 Å². The van der Waals surface area contributed by atoms with E-state index in [1.165, 1.54) is 0 Å². The monoisotopic (exact) mass is 334 g/mol. The van der Waals surface area contributed by atoms with Crippen LogP contribution in [0.5, 0.6) is 0 Å². The Morgan fingerprint density at radius 2 is 0.952 bits per heavy atom. The smallest absolute Gasteiger partial charge is 0.481 e. The molecule has 0 saturated heterocycles. The number of hydrogen-bond acceptors (Lipinski definition) is 6. The van der Waals surface area contributed by atoms with Crippen molar-refractivity contribution in [1.82, 2.24) is 0 Å². The molecule has 0 aliphatic rings. The molecular formula is C10H18CaN2O8+2. The van der Waals surface area contributed by atoms with Crippen LogP contribution < -0.4 is 11.5 Å². The molecule has 0 amide bonds. The summed E-state index contributed by atoms with van der Waals surface area (Å²) < 4.78 is 0. The van der Waals surface area contributed by atoms with E-state index in [1.54, 1.807) is 0 Å². The summed E-state index contributed by atoms with van der Waals surface area (Å²) in [5, 5.41) is 32.5. The Morgan fingerprint density at radius 1 is 0.714 bits per heavy atom. The van der Waals surface area contributed by atoms with Gasteiger partial charge in [-0.25, -0.2) is 0 Å². The predicted octanol–water partition coefficient (Wildman–Crippen LogP) is -1.85. The molecule has 0 heterocycles. The maximum Gasteiger partial charge on any atom is 2.00 e. The molecule has 0 bridgehead atoms. The Morgan fingerprint density at radius 3 is 1.10 bits per heavy atom. The largest absolute Gasteiger partial charge is 2.00 e. The van der Waals surface area contributed by atoms with Crippen LogP contribution in [0.4, 0.5) is 0 Å². The number of hydrogen-bond donors (Lipinski definition) is 6. The molecule has 21 heavy (non-hydrogen) atoms. The van der Waals surface area contributed by atoms with Crippen LogP contribution in [0.1, 0.15) is 25.7 Å². The molecule has 116 valence electrons. The van der Waals surface area contributed by atoms with E-state index in [1.807, 2.05) is 0 Å². The van der Waals surface area contributed by atoms with Crippen molar-refractivity contribution >= 4 is 61.6 Å². The molecule has 0 unspecified atom stereocenters. The van der Waals surface area contributed by atoms with Gasteiger partial charge < -0.3 is 31.9 Å². The van der Waals surface area contributed by atoms with Gasteiger partial charge in [0.15, 0.2) is 0 Å². The zero-order valence-corrected chi connectivity index (χ0v) is 13.5. The summed E-state index contributed by atoms with van der Waals surface area (Å²) in [6.07, 6.45) is -0.448. The van der Waals surface area contributed by atoms with Crippen LogP contribution in [-0.2, 0) is 19.2 Å². The third-order valence-corrected chi connectivity index (χ3v) is 1.97. The fraction of sp³-hybridized carbons (Fsp3) is 0.600. The van der Waals surface area contributed by atoms with Gasteiger partial charge in [-0.2, -0.15) is 0 Å². The summed E-state index contributed by atoms with van der Waals surface area (Å²) in [7, 11) is 0. The van der Waals surface area contributed by atoms with Gasteiger partial charge in [0.2, 0.25) is 0 Å². The maximum atomic E-state index is 9.99. The second-order valence-electron chi connectivity index (χ2n) is 3.75. The van der Waals surface area contributed by atoms with Gasteiger partial charge in [-0.3, -0.25) is 19.2 Å². The summed E-state index contributed by atoms with van der Waals surface area (Å²) >= 11 is 0. The molecule has 0 fully saturated rings. The first kappa shape index (κ1) is 25.0. The minimum Gasteiger partial charge on any atom is -0.481 e. The summed E-state index contributed by atoms with van der Waals surface area (Å²) in [4.78, 5) is 39.7. The second-order valence-corrected chi connectivity index (χ2v) is 3.75. The van der Waals surface area contributed by atoms with Crippen LogP contribution in [-0.4, -0.2) is 94.1 Å². The molecule has 10 nitrogen and oxygen atoms in total. The first-order valence-electron chi connectivity index (χ1n) is 5.48. The molecule has 0 aromatic rings. The van der Waals surface area contributed by atoms with Crippen molar-refractivity contribution in [2.75, 3.05) is 0 Å². The number of aliphatic carboxylic acids is 4. The quantitative estimate of drug-likeness (QED) is 0.273. The van der Waals surface area contributed by atoms with Crippen molar-refractivity contribution in [3.8, 4) is 0 Å². The first-order valence-corrected chi connectivity index (χ1v) is 5.48. The second kappa shape index (κ2) is 14.0. The Bertz CT molecular complexity index is 329. The molecule has 0 aliphatic carbocycles. The summed E-state index contributed by atoms with van der Waals surface area (Å²) in [5.41, 5.74) is 10.0. The van der Waals surface area contributed by atoms with Gasteiger partial charge >= 0.3 is 61.6 Å². The van der Waals surface area contributed by atoms with Crippen LogP contribution in [0, 0.1) is 0 Å². The number of carboxylic acids is 4. The predicted molar refractivity (Wildman–Crippen MR) is 70.7 cm³/mol. The fourth-order valence-corrected chi connectivity index (χ4v) is 0.805. The summed E-state index contributed by atoms with van der Waals surface area (Å²) in [5.74, 6) is -4.39. The van der Waals surface area contributed by atoms with Crippen LogP contribution in [0.15, 0.2) is 0 Å². The summed E-state index contributed by atoms with van der Waals surface area (Å²) in [6, 6.07) is -2.12. The zero-order valence-electron chi connectivity index (χ0n) is 11.3. The minimum absolute atomic E-state index is 0. The molecule has 2 atom stereocenters. The Kier molecular flexibility index (Phi) is 16.7. The van der Waals surface area contributed by atoms with Crippen molar-refractivity contribution in [2.24, 2.45) is 11.5 Å². The van der Waals surface area contributed by atoms with Gasteiger partial charge in [-0.15, -0.1) is 0 Å². The third kappa shape index (κ3) is 19.1. The van der Waals surface area contributed by atoms with Crippen molar-refractivity contribution in [3.05, 3.63) is 0 Å². The van der Waals surface area contributed by atoms with E-state index >= 15 is 0 Å². The normalized spacial score (nSPS) is 11.9. The van der Waals surface area contributed by atoms with Gasteiger partial charge in [-0.05, 0) is 12.8 Å². The van der Waals surface area contributed by atoms with Crippen molar-refractivity contribution in [3.63, 3.8) is 0 Å². The van der Waals surface area contributed by atoms with E-state index in [0.717, 1.165) is 0 Å². The average Bonchev–Trinajstić information content (AvgIpc) is 2.33. The number of carbonyl (C=O) groups is 4. The van der Waals surface area contributed by atoms with E-state index in [-0.39, 0.29) is 63.4 Å². The topological polar surface area (TPSA) is 201 Å². The van der Waals surface area contributed by atoms with Crippen LogP contribution >= 0.6 is 0 Å². The minimum atomic E-state index is -1.17. The number of nitrogens with two attached hydrogens (primary N) is 2. The third-order valence-electron chi connectivity index (χ3n) is 1.97. The molecule has 8 N–H and O–H groups in total. The molecule has 0 radical (unpaired) electrons. The van der Waals surface area contributed by atoms with Gasteiger partial charge in [0, 0.05) is 12.8 Å². The van der Waals surface area contributed by atoms with E-state index in [9.17, 15) is 19.2 Å². The van der Waals surface area contributed by atoms with Crippen molar-refractivity contribution in [2.45, 2.75) is 37.8 Å². The van der Waals surface area contributed by atoms with E-state index in [0.29, 0.717) is 0 Å². The van der Waals surface area contributed by atoms with Gasteiger partial charge in [-0.1, -0.05) is 0 Å². The Hall–Kier alpha value is -0.940. The van der Waals surface area contributed by atoms with Crippen LogP contribution in [0.25, 0.3) is 0 Å². The van der Waals surface area contributed by atoms with Crippen LogP contribution in [0.3, 0.4) is 0 Å². The average molecular weight is 334 g/mol. The molecule has 0 aromatic carbocycles. The number of carboxylic acid groups (broad SMARTS) is 4. The SMILES string of the molecule is N[C@@H](CCC(=O)O)C(=O)O.N[C@@H](CCC(=O)O)C(=O)O.[Ca+2].